The number of hydrogen-bond donors (Lipinski definition) is 4. The fourth-order valence-corrected chi connectivity index (χ4v) is 8.59. The standard InChI is InChI=1S/C22H27F3N2.C14H10ClF3.C14H11F3O.C8H18N2.C2H4Cl2.Cl2OS/c1-21(2,3)19-15-27(14-13-26-19)20(16-7-5-4-6-8-16)17-9-11-18(12-10-17)22(23,24)25;15-13(10-4-2-1-3-5-10)11-6-8-12(9-7-11)14(16,17)18;15-14(16,17)12-8-6-11(7-9-12)13(18)10-4-2-1-3-5-10;1-8(2,3)7-6-9-4-5-10-7;3-1-2-4;1-4(2)3/h4-12,19-20,26H,13-15H2,1-3H3;1-9,13H;1-9,13,18H;7,9-10H,4-6H2,1-3H3;1-2H2;/t19-,20?;;;7-;;/m1..1../s1. The topological polar surface area (TPSA) is 76.6 Å². The zero-order valence-corrected chi connectivity index (χ0v) is 50.2. The molecule has 6 aromatic rings. The first-order valence-corrected chi connectivity index (χ1v) is 29.9. The molecule has 2 aliphatic heterocycles. The van der Waals surface area contributed by atoms with E-state index in [1.54, 1.807) is 36.4 Å². The van der Waals surface area contributed by atoms with Crippen LogP contribution in [-0.4, -0.2) is 77.3 Å². The number of rotatable bonds is 8. The van der Waals surface area contributed by atoms with Gasteiger partial charge in [0.15, 0.2) is 0 Å². The minimum Gasteiger partial charge on any atom is -0.384 e. The number of aliphatic hydroxyl groups excluding tert-OH is 1. The number of hydrogen-bond acceptors (Lipinski definition) is 6. The van der Waals surface area contributed by atoms with Gasteiger partial charge in [-0.1, -0.05) is 169 Å². The zero-order chi connectivity index (χ0) is 60.6. The first kappa shape index (κ1) is 71.4. The third-order valence-electron chi connectivity index (χ3n) is 12.7. The minimum absolute atomic E-state index is 0.0552. The number of nitrogens with zero attached hydrogens (tertiary/aromatic N) is 1. The van der Waals surface area contributed by atoms with Crippen molar-refractivity contribution >= 4 is 65.4 Å². The van der Waals surface area contributed by atoms with Gasteiger partial charge in [-0.15, -0.1) is 34.8 Å². The SMILES string of the molecule is CC(C)(C)[C@H]1CN(C(c2ccccc2)c2ccc(C(F)(F)F)cc2)CCN1.CC(C)(C)[C@H]1CNCCN1.ClCCCl.FC(F)(F)c1ccc(C(Cl)c2ccccc2)cc1.O=S(Cl)Cl.OC(c1ccccc1)c1ccc(C(F)(F)F)cc1. The number of nitrogens with one attached hydrogen (secondary N) is 3. The van der Waals surface area contributed by atoms with Crippen LogP contribution in [0.3, 0.4) is 0 Å². The molecule has 446 valence electrons. The van der Waals surface area contributed by atoms with Crippen LogP contribution >= 0.6 is 56.2 Å². The van der Waals surface area contributed by atoms with Crippen LogP contribution in [-0.2, 0) is 27.8 Å². The van der Waals surface area contributed by atoms with Gasteiger partial charge in [-0.3, -0.25) is 4.90 Å². The van der Waals surface area contributed by atoms with Gasteiger partial charge in [0.05, 0.1) is 28.1 Å². The molecular formula is C60H70Cl5F9N4O2S. The van der Waals surface area contributed by atoms with Gasteiger partial charge in [0, 0.05) is 84.5 Å². The molecule has 0 amide bonds. The number of piperazine rings is 2. The van der Waals surface area contributed by atoms with Crippen molar-refractivity contribution in [1.29, 1.82) is 0 Å². The number of alkyl halides is 12. The van der Waals surface area contributed by atoms with Crippen LogP contribution in [0.25, 0.3) is 0 Å². The van der Waals surface area contributed by atoms with E-state index >= 15 is 0 Å². The Morgan fingerprint density at radius 3 is 1.17 bits per heavy atom. The third-order valence-corrected chi connectivity index (χ3v) is 13.8. The highest BCUT2D eigenvalue weighted by Gasteiger charge is 2.35. The molecule has 0 aromatic heterocycles. The Balaban J connectivity index is 0.000000282. The first-order chi connectivity index (χ1) is 37.9. The summed E-state index contributed by atoms with van der Waals surface area (Å²) < 4.78 is 122. The lowest BCUT2D eigenvalue weighted by molar-refractivity contribution is -0.138. The quantitative estimate of drug-likeness (QED) is 0.0691. The van der Waals surface area contributed by atoms with Crippen LogP contribution in [0.15, 0.2) is 164 Å². The van der Waals surface area contributed by atoms with E-state index in [0.29, 0.717) is 45.9 Å². The molecule has 0 spiro atoms. The Kier molecular flexibility index (Phi) is 30.1. The molecule has 8 rings (SSSR count). The normalized spacial score (nSPS) is 17.1. The van der Waals surface area contributed by atoms with Crippen LogP contribution in [0.5, 0.6) is 0 Å². The molecule has 6 aromatic carbocycles. The van der Waals surface area contributed by atoms with Crippen molar-refractivity contribution in [2.45, 2.75) is 89.7 Å². The summed E-state index contributed by atoms with van der Waals surface area (Å²) in [6, 6.07) is 44.0. The van der Waals surface area contributed by atoms with Crippen molar-refractivity contribution in [3.05, 3.63) is 214 Å². The Labute approximate surface area is 497 Å². The lowest BCUT2D eigenvalue weighted by Gasteiger charge is -2.44. The summed E-state index contributed by atoms with van der Waals surface area (Å²) >= 11 is 16.3. The molecule has 2 fully saturated rings. The maximum atomic E-state index is 13.0. The molecule has 0 radical (unpaired) electrons. The summed E-state index contributed by atoms with van der Waals surface area (Å²) in [5.74, 6) is 1.11. The molecule has 3 unspecified atom stereocenters. The monoisotopic (exact) mass is 1260 g/mol. The predicted molar refractivity (Wildman–Crippen MR) is 315 cm³/mol. The maximum Gasteiger partial charge on any atom is 0.416 e. The van der Waals surface area contributed by atoms with Gasteiger partial charge in [0.2, 0.25) is 9.23 Å². The number of halogens is 14. The highest BCUT2D eigenvalue weighted by molar-refractivity contribution is 8.26. The second-order valence-electron chi connectivity index (χ2n) is 20.8. The largest absolute Gasteiger partial charge is 0.416 e. The molecule has 4 N–H and O–H groups in total. The van der Waals surface area contributed by atoms with Crippen molar-refractivity contribution in [3.8, 4) is 0 Å². The highest BCUT2D eigenvalue weighted by Crippen LogP contribution is 2.37. The average Bonchev–Trinajstić information content (AvgIpc) is 3.43. The molecule has 2 saturated heterocycles. The van der Waals surface area contributed by atoms with Crippen molar-refractivity contribution in [1.82, 2.24) is 20.9 Å². The van der Waals surface area contributed by atoms with E-state index in [1.807, 2.05) is 54.6 Å². The van der Waals surface area contributed by atoms with E-state index in [1.165, 1.54) is 36.4 Å². The Morgan fingerprint density at radius 2 is 0.827 bits per heavy atom. The average molecular weight is 1260 g/mol. The predicted octanol–water partition coefficient (Wildman–Crippen LogP) is 17.0. The molecule has 0 bridgehead atoms. The zero-order valence-electron chi connectivity index (χ0n) is 45.6. The van der Waals surface area contributed by atoms with Gasteiger partial charge < -0.3 is 21.1 Å². The molecular weight excluding hydrogens is 1190 g/mol. The molecule has 2 aliphatic rings. The smallest absolute Gasteiger partial charge is 0.384 e. The second-order valence-corrected chi connectivity index (χ2v) is 24.5. The summed E-state index contributed by atoms with van der Waals surface area (Å²) in [6.07, 6.45) is -13.9. The van der Waals surface area contributed by atoms with Gasteiger partial charge in [0.25, 0.3) is 0 Å². The Bertz CT molecular complexity index is 2570. The molecule has 6 nitrogen and oxygen atoms in total. The molecule has 0 saturated carbocycles. The van der Waals surface area contributed by atoms with Gasteiger partial charge in [-0.2, -0.15) is 39.5 Å². The Morgan fingerprint density at radius 1 is 0.506 bits per heavy atom. The van der Waals surface area contributed by atoms with E-state index in [0.717, 1.165) is 80.2 Å². The minimum atomic E-state index is -4.35. The second kappa shape index (κ2) is 34.1. The summed E-state index contributed by atoms with van der Waals surface area (Å²) in [7, 11) is 7.36. The molecule has 81 heavy (non-hydrogen) atoms. The van der Waals surface area contributed by atoms with Crippen LogP contribution < -0.4 is 16.0 Å². The first-order valence-electron chi connectivity index (χ1n) is 25.6. The fourth-order valence-electron chi connectivity index (χ4n) is 8.29. The van der Waals surface area contributed by atoms with Gasteiger partial charge in [-0.05, 0) is 80.6 Å². The van der Waals surface area contributed by atoms with Crippen molar-refractivity contribution in [2.24, 2.45) is 10.8 Å². The summed E-state index contributed by atoms with van der Waals surface area (Å²) in [5, 5.41) is 20.0. The van der Waals surface area contributed by atoms with Crippen molar-refractivity contribution in [2.75, 3.05) is 51.0 Å². The lowest BCUT2D eigenvalue weighted by atomic mass is 9.84. The number of benzene rings is 6. The fraction of sp³-hybridized carbons (Fsp3) is 0.400. The van der Waals surface area contributed by atoms with E-state index in [2.05, 4.69) is 95.9 Å². The van der Waals surface area contributed by atoms with E-state index in [-0.39, 0.29) is 11.5 Å². The highest BCUT2D eigenvalue weighted by atomic mass is 36.0. The summed E-state index contributed by atoms with van der Waals surface area (Å²) in [4.78, 5) is 2.38. The summed E-state index contributed by atoms with van der Waals surface area (Å²) in [5.41, 5.74) is 3.12. The van der Waals surface area contributed by atoms with E-state index < -0.39 is 55.9 Å². The van der Waals surface area contributed by atoms with Gasteiger partial charge in [0.1, 0.15) is 6.10 Å². The van der Waals surface area contributed by atoms with Gasteiger partial charge >= 0.3 is 18.5 Å². The van der Waals surface area contributed by atoms with Gasteiger partial charge in [-0.25, -0.2) is 4.21 Å². The van der Waals surface area contributed by atoms with Crippen LogP contribution in [0.1, 0.15) is 109 Å². The number of aliphatic hydroxyl groups is 1. The Hall–Kier alpha value is -3.91. The van der Waals surface area contributed by atoms with Crippen LogP contribution in [0.4, 0.5) is 39.5 Å². The van der Waals surface area contributed by atoms with Crippen LogP contribution in [0, 0.1) is 10.8 Å². The lowest BCUT2D eigenvalue weighted by Crippen LogP contribution is -2.56. The van der Waals surface area contributed by atoms with E-state index in [4.69, 9.17) is 39.0 Å². The summed E-state index contributed by atoms with van der Waals surface area (Å²) in [6.45, 7) is 19.4. The third kappa shape index (κ3) is 25.9. The van der Waals surface area contributed by atoms with Crippen molar-refractivity contribution < 1.29 is 48.8 Å². The van der Waals surface area contributed by atoms with Crippen LogP contribution in [0.2, 0.25) is 0 Å². The molecule has 0 aliphatic carbocycles. The molecule has 5 atom stereocenters. The molecule has 21 heteroatoms. The van der Waals surface area contributed by atoms with E-state index in [9.17, 15) is 44.6 Å². The van der Waals surface area contributed by atoms with Crippen molar-refractivity contribution in [3.63, 3.8) is 0 Å². The molecule has 2 heterocycles. The maximum absolute atomic E-state index is 13.0.